The van der Waals surface area contributed by atoms with E-state index in [1.165, 1.54) is 0 Å². The molecule has 3 N–H and O–H groups in total. The van der Waals surface area contributed by atoms with Crippen molar-refractivity contribution in [1.82, 2.24) is 10.9 Å². The van der Waals surface area contributed by atoms with Gasteiger partial charge in [-0.05, 0) is 72.5 Å². The fourth-order valence-corrected chi connectivity index (χ4v) is 4.80. The third kappa shape index (κ3) is 7.45. The van der Waals surface area contributed by atoms with E-state index in [1.807, 2.05) is 74.5 Å². The first kappa shape index (κ1) is 30.1. The van der Waals surface area contributed by atoms with Crippen LogP contribution in [0.3, 0.4) is 0 Å². The van der Waals surface area contributed by atoms with Crippen LogP contribution in [0.15, 0.2) is 87.4 Å². The molecule has 0 aromatic heterocycles. The van der Waals surface area contributed by atoms with Gasteiger partial charge in [0.05, 0.1) is 13.2 Å². The van der Waals surface area contributed by atoms with E-state index < -0.39 is 11.6 Å². The molecule has 1 amide bonds. The largest absolute Gasteiger partial charge is 0.494 e. The number of hydrazine groups is 1. The van der Waals surface area contributed by atoms with E-state index in [0.29, 0.717) is 35.8 Å². The van der Waals surface area contributed by atoms with E-state index in [4.69, 9.17) is 25.1 Å². The minimum atomic E-state index is -1.40. The molecule has 3 aromatic rings. The van der Waals surface area contributed by atoms with Gasteiger partial charge in [-0.25, -0.2) is 10.4 Å². The number of halogens is 1. The number of carbonyl (C=O) groups excluding carboxylic acids is 1. The quantitative estimate of drug-likeness (QED) is 0.0755. The smallest absolute Gasteiger partial charge is 0.266 e. The number of nitrogens with zero attached hydrogens (tertiary/aromatic N) is 4. The molecule has 11 heteroatoms. The highest BCUT2D eigenvalue weighted by molar-refractivity contribution is 9.10. The van der Waals surface area contributed by atoms with Crippen LogP contribution in [-0.4, -0.2) is 41.7 Å². The summed E-state index contributed by atoms with van der Waals surface area (Å²) >= 11 is 3.49. The van der Waals surface area contributed by atoms with Gasteiger partial charge in [-0.3, -0.25) is 10.2 Å². The van der Waals surface area contributed by atoms with Crippen molar-refractivity contribution in [2.45, 2.75) is 50.9 Å². The molecule has 0 unspecified atom stereocenters. The van der Waals surface area contributed by atoms with Crippen LogP contribution in [-0.2, 0) is 22.5 Å². The number of aliphatic hydroxyl groups excluding tert-OH is 1. The number of benzene rings is 3. The summed E-state index contributed by atoms with van der Waals surface area (Å²) in [5.41, 5.74) is 16.5. The number of amides is 1. The zero-order chi connectivity index (χ0) is 29.2. The Hall–Kier alpha value is -3.89. The molecule has 0 saturated heterocycles. The molecule has 4 rings (SSSR count). The molecule has 41 heavy (non-hydrogen) atoms. The molecular formula is C30H33BrN6O4. The van der Waals surface area contributed by atoms with E-state index in [0.717, 1.165) is 15.6 Å². The molecule has 0 fully saturated rings. The maximum absolute atomic E-state index is 14.1. The van der Waals surface area contributed by atoms with Crippen molar-refractivity contribution in [3.05, 3.63) is 110 Å². The van der Waals surface area contributed by atoms with Gasteiger partial charge in [-0.1, -0.05) is 57.4 Å². The summed E-state index contributed by atoms with van der Waals surface area (Å²) in [5.74, 6) is 0.612. The van der Waals surface area contributed by atoms with Gasteiger partial charge in [0.15, 0.2) is 11.6 Å². The number of ether oxygens (including phenoxy) is 2. The van der Waals surface area contributed by atoms with Gasteiger partial charge in [0, 0.05) is 40.4 Å². The van der Waals surface area contributed by atoms with Gasteiger partial charge in [0.2, 0.25) is 5.90 Å². The Morgan fingerprint density at radius 3 is 2.59 bits per heavy atom. The van der Waals surface area contributed by atoms with E-state index in [9.17, 15) is 4.79 Å². The standard InChI is InChI=1S/C30H33BrN6O4/c1-20(2)35-36-29(39)30(18-21-8-12-24(31)13-9-21)27(26-7-4-3-6-23(26)19-33-37-32)41-28(34-30)22-10-14-25(15-11-22)40-17-5-16-38/h3-4,6-15,20,27,35,38H,5,16-19H2,1-2H3,(H,36,39)/t27-,30-/m0/s1. The number of hydrogen-bond acceptors (Lipinski definition) is 7. The van der Waals surface area contributed by atoms with Crippen LogP contribution in [0.4, 0.5) is 0 Å². The Kier molecular flexibility index (Phi) is 10.4. The second-order valence-corrected chi connectivity index (χ2v) is 10.8. The molecule has 1 aliphatic heterocycles. The molecule has 1 heterocycles. The lowest BCUT2D eigenvalue weighted by molar-refractivity contribution is -0.130. The van der Waals surface area contributed by atoms with Crippen molar-refractivity contribution in [3.63, 3.8) is 0 Å². The average molecular weight is 622 g/mol. The lowest BCUT2D eigenvalue weighted by atomic mass is 9.81. The van der Waals surface area contributed by atoms with E-state index in [1.54, 1.807) is 12.1 Å². The predicted molar refractivity (Wildman–Crippen MR) is 160 cm³/mol. The van der Waals surface area contributed by atoms with Crippen LogP contribution in [0.2, 0.25) is 0 Å². The van der Waals surface area contributed by atoms with Crippen molar-refractivity contribution in [1.29, 1.82) is 0 Å². The number of rotatable bonds is 13. The first-order valence-corrected chi connectivity index (χ1v) is 14.1. The maximum atomic E-state index is 14.1. The molecule has 0 spiro atoms. The third-order valence-electron chi connectivity index (χ3n) is 6.53. The molecule has 0 saturated carbocycles. The van der Waals surface area contributed by atoms with Crippen molar-refractivity contribution >= 4 is 27.7 Å². The van der Waals surface area contributed by atoms with Gasteiger partial charge in [0.25, 0.3) is 5.91 Å². The summed E-state index contributed by atoms with van der Waals surface area (Å²) in [4.78, 5) is 22.1. The monoisotopic (exact) mass is 620 g/mol. The van der Waals surface area contributed by atoms with Crippen molar-refractivity contribution in [2.75, 3.05) is 13.2 Å². The molecule has 2 atom stereocenters. The highest BCUT2D eigenvalue weighted by atomic mass is 79.9. The first-order chi connectivity index (χ1) is 19.9. The molecule has 3 aromatic carbocycles. The zero-order valence-corrected chi connectivity index (χ0v) is 24.5. The first-order valence-electron chi connectivity index (χ1n) is 13.4. The van der Waals surface area contributed by atoms with Crippen LogP contribution >= 0.6 is 15.9 Å². The normalized spacial score (nSPS) is 17.9. The van der Waals surface area contributed by atoms with Gasteiger partial charge in [0.1, 0.15) is 5.75 Å². The second-order valence-electron chi connectivity index (χ2n) is 9.93. The Labute approximate surface area is 247 Å². The van der Waals surface area contributed by atoms with Crippen LogP contribution in [0.5, 0.6) is 5.75 Å². The van der Waals surface area contributed by atoms with Gasteiger partial charge in [-0.15, -0.1) is 0 Å². The molecule has 1 aliphatic rings. The Morgan fingerprint density at radius 1 is 1.17 bits per heavy atom. The van der Waals surface area contributed by atoms with Crippen LogP contribution in [0.1, 0.15) is 48.6 Å². The molecule has 0 bridgehead atoms. The van der Waals surface area contributed by atoms with Crippen LogP contribution in [0.25, 0.3) is 10.4 Å². The SMILES string of the molecule is CC(C)NNC(=O)[C@@]1(Cc2ccc(Br)cc2)N=C(c2ccc(OCCCO)cc2)O[C@H]1c1ccccc1CN=[N+]=[N-]. The number of azide groups is 1. The maximum Gasteiger partial charge on any atom is 0.266 e. The van der Waals surface area contributed by atoms with Crippen LogP contribution in [0, 0.1) is 0 Å². The van der Waals surface area contributed by atoms with Crippen LogP contribution < -0.4 is 15.6 Å². The topological polar surface area (TPSA) is 141 Å². The molecular weight excluding hydrogens is 588 g/mol. The number of hydrogen-bond donors (Lipinski definition) is 3. The highest BCUT2D eigenvalue weighted by Gasteiger charge is 2.54. The molecule has 0 radical (unpaired) electrons. The Bertz CT molecular complexity index is 1410. The van der Waals surface area contributed by atoms with Crippen molar-refractivity contribution in [3.8, 4) is 5.75 Å². The lowest BCUT2D eigenvalue weighted by Crippen LogP contribution is -2.55. The highest BCUT2D eigenvalue weighted by Crippen LogP contribution is 2.43. The summed E-state index contributed by atoms with van der Waals surface area (Å²) in [6, 6.07) is 22.5. The summed E-state index contributed by atoms with van der Waals surface area (Å²) in [7, 11) is 0. The predicted octanol–water partition coefficient (Wildman–Crippen LogP) is 5.55. The summed E-state index contributed by atoms with van der Waals surface area (Å²) in [6.07, 6.45) is -0.0362. The second kappa shape index (κ2) is 14.1. The number of aliphatic imine (C=N–C) groups is 1. The van der Waals surface area contributed by atoms with Crippen molar-refractivity contribution in [2.24, 2.45) is 10.1 Å². The summed E-state index contributed by atoms with van der Waals surface area (Å²) in [5, 5.41) is 12.8. The lowest BCUT2D eigenvalue weighted by Gasteiger charge is -2.32. The molecule has 10 nitrogen and oxygen atoms in total. The van der Waals surface area contributed by atoms with E-state index in [2.05, 4.69) is 36.8 Å². The van der Waals surface area contributed by atoms with E-state index in [-0.39, 0.29) is 31.5 Å². The fraction of sp³-hybridized carbons (Fsp3) is 0.333. The Morgan fingerprint density at radius 2 is 1.90 bits per heavy atom. The molecule has 214 valence electrons. The van der Waals surface area contributed by atoms with Gasteiger partial charge < -0.3 is 14.6 Å². The number of nitrogens with one attached hydrogen (secondary N) is 2. The minimum absolute atomic E-state index is 0.0106. The van der Waals surface area contributed by atoms with Crippen molar-refractivity contribution < 1.29 is 19.4 Å². The van der Waals surface area contributed by atoms with Gasteiger partial charge in [-0.2, -0.15) is 0 Å². The molecule has 0 aliphatic carbocycles. The fourth-order valence-electron chi connectivity index (χ4n) is 4.53. The zero-order valence-electron chi connectivity index (χ0n) is 23.0. The average Bonchev–Trinajstić information content (AvgIpc) is 3.36. The van der Waals surface area contributed by atoms with E-state index >= 15 is 0 Å². The third-order valence-corrected chi connectivity index (χ3v) is 7.06. The minimum Gasteiger partial charge on any atom is -0.494 e. The van der Waals surface area contributed by atoms with Gasteiger partial charge >= 0.3 is 0 Å². The number of aliphatic hydroxyl groups is 1. The summed E-state index contributed by atoms with van der Waals surface area (Å²) in [6.45, 7) is 4.41. The number of carbonyl (C=O) groups is 1. The summed E-state index contributed by atoms with van der Waals surface area (Å²) < 4.78 is 13.2. The Balaban J connectivity index is 1.82.